The molecule has 0 aromatic rings. The Labute approximate surface area is 126 Å². The van der Waals surface area contributed by atoms with Crippen molar-refractivity contribution in [3.8, 4) is 0 Å². The second-order valence-corrected chi connectivity index (χ2v) is 7.49. The van der Waals surface area contributed by atoms with E-state index in [0.29, 0.717) is 0 Å². The second kappa shape index (κ2) is 8.38. The molecule has 2 rings (SSSR count). The van der Waals surface area contributed by atoms with Crippen LogP contribution in [0.2, 0.25) is 0 Å². The molecule has 0 aromatic carbocycles. The van der Waals surface area contributed by atoms with E-state index < -0.39 is 0 Å². The Morgan fingerprint density at radius 2 is 1.30 bits per heavy atom. The first-order valence-corrected chi connectivity index (χ1v) is 9.05. The molecule has 2 aliphatic rings. The summed E-state index contributed by atoms with van der Waals surface area (Å²) in [6, 6.07) is 0.817. The van der Waals surface area contributed by atoms with Crippen molar-refractivity contribution in [3.05, 3.63) is 0 Å². The van der Waals surface area contributed by atoms with Crippen LogP contribution in [0.1, 0.15) is 84.5 Å². The molecule has 0 bridgehead atoms. The van der Waals surface area contributed by atoms with Crippen LogP contribution in [-0.4, -0.2) is 36.2 Å². The number of rotatable bonds is 1. The predicted octanol–water partition coefficient (Wildman–Crippen LogP) is 4.77. The van der Waals surface area contributed by atoms with Gasteiger partial charge in [0, 0.05) is 19.1 Å². The summed E-state index contributed by atoms with van der Waals surface area (Å²) in [5, 5.41) is 0. The lowest BCUT2D eigenvalue weighted by Gasteiger charge is -2.42. The van der Waals surface area contributed by atoms with Crippen molar-refractivity contribution in [3.63, 3.8) is 0 Å². The molecule has 1 aliphatic carbocycles. The highest BCUT2D eigenvalue weighted by molar-refractivity contribution is 4.83. The number of morpholine rings is 1. The first kappa shape index (κ1) is 16.3. The minimum atomic E-state index is 0.0575. The summed E-state index contributed by atoms with van der Waals surface area (Å²) >= 11 is 0. The van der Waals surface area contributed by atoms with Crippen molar-refractivity contribution in [2.75, 3.05) is 19.7 Å². The van der Waals surface area contributed by atoms with Gasteiger partial charge in [-0.05, 0) is 26.7 Å². The lowest BCUT2D eigenvalue weighted by molar-refractivity contribution is -0.0989. The molecule has 0 aromatic heterocycles. The fourth-order valence-corrected chi connectivity index (χ4v) is 3.87. The van der Waals surface area contributed by atoms with Crippen LogP contribution < -0.4 is 0 Å². The predicted molar refractivity (Wildman–Crippen MR) is 86.2 cm³/mol. The van der Waals surface area contributed by atoms with Gasteiger partial charge >= 0.3 is 0 Å². The Bertz CT molecular complexity index is 252. The minimum absolute atomic E-state index is 0.0575. The van der Waals surface area contributed by atoms with Crippen molar-refractivity contribution < 1.29 is 4.74 Å². The molecule has 0 radical (unpaired) electrons. The van der Waals surface area contributed by atoms with Crippen LogP contribution in [-0.2, 0) is 4.74 Å². The monoisotopic (exact) mass is 281 g/mol. The highest BCUT2D eigenvalue weighted by atomic mass is 16.5. The van der Waals surface area contributed by atoms with Crippen LogP contribution in [0.3, 0.4) is 0 Å². The third-order valence-electron chi connectivity index (χ3n) is 5.05. The Balaban J connectivity index is 1.84. The summed E-state index contributed by atoms with van der Waals surface area (Å²) in [5.74, 6) is 0. The first-order valence-electron chi connectivity index (χ1n) is 9.05. The maximum Gasteiger partial charge on any atom is 0.0753 e. The average molecular weight is 281 g/mol. The molecule has 1 saturated carbocycles. The van der Waals surface area contributed by atoms with Gasteiger partial charge in [-0.3, -0.25) is 4.90 Å². The summed E-state index contributed by atoms with van der Waals surface area (Å²) in [6.07, 6.45) is 15.9. The fraction of sp³-hybridized carbons (Fsp3) is 1.00. The SMILES string of the molecule is CC1(C)CN(C2CCCCCCCCCCC2)CCO1. The number of hydrogen-bond donors (Lipinski definition) is 0. The maximum atomic E-state index is 5.88. The zero-order valence-corrected chi connectivity index (χ0v) is 13.8. The molecule has 1 heterocycles. The van der Waals surface area contributed by atoms with Crippen LogP contribution >= 0.6 is 0 Å². The van der Waals surface area contributed by atoms with Crippen LogP contribution in [0.25, 0.3) is 0 Å². The van der Waals surface area contributed by atoms with Gasteiger partial charge < -0.3 is 4.74 Å². The van der Waals surface area contributed by atoms with Gasteiger partial charge in [-0.25, -0.2) is 0 Å². The number of ether oxygens (including phenoxy) is 1. The van der Waals surface area contributed by atoms with E-state index in [4.69, 9.17) is 4.74 Å². The van der Waals surface area contributed by atoms with Crippen LogP contribution in [0.4, 0.5) is 0 Å². The standard InChI is InChI=1S/C18H35NO/c1-18(2)16-19(14-15-20-18)17-12-10-8-6-4-3-5-7-9-11-13-17/h17H,3-16H2,1-2H3. The first-order chi connectivity index (χ1) is 9.67. The minimum Gasteiger partial charge on any atom is -0.373 e. The molecular formula is C18H35NO. The average Bonchev–Trinajstić information content (AvgIpc) is 2.38. The Hall–Kier alpha value is -0.0800. The summed E-state index contributed by atoms with van der Waals surface area (Å²) in [7, 11) is 0. The molecule has 1 saturated heterocycles. The van der Waals surface area contributed by atoms with E-state index in [1.807, 2.05) is 0 Å². The summed E-state index contributed by atoms with van der Waals surface area (Å²) in [4.78, 5) is 2.73. The highest BCUT2D eigenvalue weighted by Gasteiger charge is 2.30. The van der Waals surface area contributed by atoms with Crippen molar-refractivity contribution in [2.45, 2.75) is 96.1 Å². The van der Waals surface area contributed by atoms with Crippen LogP contribution in [0.5, 0.6) is 0 Å². The molecule has 0 amide bonds. The topological polar surface area (TPSA) is 12.5 Å². The van der Waals surface area contributed by atoms with E-state index in [2.05, 4.69) is 18.7 Å². The van der Waals surface area contributed by atoms with Crippen molar-refractivity contribution >= 4 is 0 Å². The molecular weight excluding hydrogens is 246 g/mol. The molecule has 0 atom stereocenters. The zero-order valence-electron chi connectivity index (χ0n) is 13.8. The van der Waals surface area contributed by atoms with Gasteiger partial charge in [0.05, 0.1) is 12.2 Å². The van der Waals surface area contributed by atoms with E-state index in [-0.39, 0.29) is 5.60 Å². The van der Waals surface area contributed by atoms with Gasteiger partial charge in [0.15, 0.2) is 0 Å². The van der Waals surface area contributed by atoms with Gasteiger partial charge in [0.25, 0.3) is 0 Å². The molecule has 1 aliphatic heterocycles. The van der Waals surface area contributed by atoms with E-state index >= 15 is 0 Å². The molecule has 20 heavy (non-hydrogen) atoms. The lowest BCUT2D eigenvalue weighted by atomic mass is 9.95. The Morgan fingerprint density at radius 1 is 0.800 bits per heavy atom. The van der Waals surface area contributed by atoms with Crippen molar-refractivity contribution in [2.24, 2.45) is 0 Å². The second-order valence-electron chi connectivity index (χ2n) is 7.49. The van der Waals surface area contributed by atoms with Gasteiger partial charge in [-0.15, -0.1) is 0 Å². The molecule has 0 unspecified atom stereocenters. The van der Waals surface area contributed by atoms with Crippen LogP contribution in [0, 0.1) is 0 Å². The summed E-state index contributed by atoms with van der Waals surface area (Å²) in [5.41, 5.74) is 0.0575. The molecule has 0 spiro atoms. The van der Waals surface area contributed by atoms with E-state index in [1.54, 1.807) is 0 Å². The van der Waals surface area contributed by atoms with E-state index in [0.717, 1.165) is 25.7 Å². The van der Waals surface area contributed by atoms with E-state index in [1.165, 1.54) is 70.6 Å². The van der Waals surface area contributed by atoms with E-state index in [9.17, 15) is 0 Å². The summed E-state index contributed by atoms with van der Waals surface area (Å²) < 4.78 is 5.88. The maximum absolute atomic E-state index is 5.88. The van der Waals surface area contributed by atoms with Crippen molar-refractivity contribution in [1.82, 2.24) is 4.90 Å². The van der Waals surface area contributed by atoms with Gasteiger partial charge in [0.2, 0.25) is 0 Å². The van der Waals surface area contributed by atoms with Gasteiger partial charge in [0.1, 0.15) is 0 Å². The zero-order chi connectivity index (χ0) is 14.3. The number of nitrogens with zero attached hydrogens (tertiary/aromatic N) is 1. The van der Waals surface area contributed by atoms with Gasteiger partial charge in [-0.1, -0.05) is 57.8 Å². The molecule has 0 N–H and O–H groups in total. The van der Waals surface area contributed by atoms with Crippen LogP contribution in [0.15, 0.2) is 0 Å². The normalized spacial score (nSPS) is 28.5. The molecule has 2 fully saturated rings. The highest BCUT2D eigenvalue weighted by Crippen LogP contribution is 2.25. The quantitative estimate of drug-likeness (QED) is 0.686. The Morgan fingerprint density at radius 3 is 1.80 bits per heavy atom. The van der Waals surface area contributed by atoms with Crippen molar-refractivity contribution in [1.29, 1.82) is 0 Å². The fourth-order valence-electron chi connectivity index (χ4n) is 3.87. The molecule has 2 heteroatoms. The lowest BCUT2D eigenvalue weighted by Crippen LogP contribution is -2.52. The molecule has 2 nitrogen and oxygen atoms in total. The third-order valence-corrected chi connectivity index (χ3v) is 5.05. The Kier molecular flexibility index (Phi) is 6.83. The van der Waals surface area contributed by atoms with Gasteiger partial charge in [-0.2, -0.15) is 0 Å². The largest absolute Gasteiger partial charge is 0.373 e. The molecule has 118 valence electrons. The summed E-state index contributed by atoms with van der Waals surface area (Å²) in [6.45, 7) is 7.68. The number of hydrogen-bond acceptors (Lipinski definition) is 2. The smallest absolute Gasteiger partial charge is 0.0753 e. The third kappa shape index (κ3) is 5.73.